The average Bonchev–Trinajstić information content (AvgIpc) is 2.84. The minimum atomic E-state index is 0.131. The number of rotatable bonds is 4. The molecule has 3 aromatic rings. The molecule has 0 atom stereocenters. The van der Waals surface area contributed by atoms with Gasteiger partial charge in [-0.3, -0.25) is 4.79 Å². The van der Waals surface area contributed by atoms with E-state index < -0.39 is 0 Å². The van der Waals surface area contributed by atoms with E-state index in [1.54, 1.807) is 0 Å². The van der Waals surface area contributed by atoms with Crippen LogP contribution < -0.4 is 4.90 Å². The van der Waals surface area contributed by atoms with Gasteiger partial charge >= 0.3 is 0 Å². The summed E-state index contributed by atoms with van der Waals surface area (Å²) in [4.78, 5) is 18.1. The molecule has 1 amide bonds. The molecule has 3 heteroatoms. The van der Waals surface area contributed by atoms with E-state index in [9.17, 15) is 4.79 Å². The maximum absolute atomic E-state index is 12.9. The van der Waals surface area contributed by atoms with Gasteiger partial charge in [0.25, 0.3) is 0 Å². The molecule has 0 saturated heterocycles. The molecule has 0 fully saturated rings. The van der Waals surface area contributed by atoms with Crippen LogP contribution in [0.4, 0.5) is 5.69 Å². The number of H-pyrrole nitrogens is 1. The van der Waals surface area contributed by atoms with Gasteiger partial charge in [-0.1, -0.05) is 30.3 Å². The maximum Gasteiger partial charge on any atom is 0.231 e. The number of aryl methyl sites for hydroxylation is 2. The molecule has 0 spiro atoms. The number of aromatic nitrogens is 1. The standard InChI is InChI=1S/C20H22N2O/c1-4-22(16-9-7-8-14(2)12-16)20(23)13-18-15(3)21-19-11-6-5-10-17(18)19/h5-12,21H,4,13H2,1-3H3. The molecule has 0 aliphatic carbocycles. The second-order valence-electron chi connectivity index (χ2n) is 5.93. The topological polar surface area (TPSA) is 36.1 Å². The highest BCUT2D eigenvalue weighted by molar-refractivity contribution is 5.98. The van der Waals surface area contributed by atoms with Gasteiger partial charge in [0.15, 0.2) is 0 Å². The number of amides is 1. The monoisotopic (exact) mass is 306 g/mol. The Morgan fingerprint density at radius 2 is 1.87 bits per heavy atom. The summed E-state index contributed by atoms with van der Waals surface area (Å²) in [6.07, 6.45) is 0.414. The number of likely N-dealkylation sites (N-methyl/N-ethyl adjacent to an activating group) is 1. The number of benzene rings is 2. The lowest BCUT2D eigenvalue weighted by atomic mass is 10.1. The molecular weight excluding hydrogens is 284 g/mol. The van der Waals surface area contributed by atoms with Crippen LogP contribution in [0.2, 0.25) is 0 Å². The van der Waals surface area contributed by atoms with Crippen LogP contribution in [-0.4, -0.2) is 17.4 Å². The Labute approximate surface area is 136 Å². The number of aromatic amines is 1. The van der Waals surface area contributed by atoms with E-state index in [2.05, 4.69) is 23.2 Å². The number of hydrogen-bond acceptors (Lipinski definition) is 1. The molecule has 0 aliphatic rings. The van der Waals surface area contributed by atoms with Crippen LogP contribution in [-0.2, 0) is 11.2 Å². The highest BCUT2D eigenvalue weighted by atomic mass is 16.2. The van der Waals surface area contributed by atoms with E-state index in [1.165, 1.54) is 0 Å². The number of nitrogens with one attached hydrogen (secondary N) is 1. The van der Waals surface area contributed by atoms with Gasteiger partial charge in [-0.05, 0) is 50.1 Å². The minimum Gasteiger partial charge on any atom is -0.358 e. The molecule has 1 N–H and O–H groups in total. The average molecular weight is 306 g/mol. The molecule has 23 heavy (non-hydrogen) atoms. The van der Waals surface area contributed by atoms with Crippen LogP contribution in [0.3, 0.4) is 0 Å². The summed E-state index contributed by atoms with van der Waals surface area (Å²) in [7, 11) is 0. The number of fused-ring (bicyclic) bond motifs is 1. The van der Waals surface area contributed by atoms with Crippen LogP contribution in [0, 0.1) is 13.8 Å². The maximum atomic E-state index is 12.9. The summed E-state index contributed by atoms with van der Waals surface area (Å²) >= 11 is 0. The Morgan fingerprint density at radius 1 is 1.09 bits per heavy atom. The Bertz CT molecular complexity index is 848. The fourth-order valence-electron chi connectivity index (χ4n) is 3.11. The molecular formula is C20H22N2O. The molecule has 0 aliphatic heterocycles. The smallest absolute Gasteiger partial charge is 0.231 e. The van der Waals surface area contributed by atoms with Gasteiger partial charge in [-0.2, -0.15) is 0 Å². The third-order valence-corrected chi connectivity index (χ3v) is 4.29. The number of carbonyl (C=O) groups excluding carboxylic acids is 1. The first-order valence-electron chi connectivity index (χ1n) is 8.03. The zero-order valence-corrected chi connectivity index (χ0v) is 13.9. The molecule has 3 rings (SSSR count). The van der Waals surface area contributed by atoms with E-state index in [4.69, 9.17) is 0 Å². The molecule has 2 aromatic carbocycles. The van der Waals surface area contributed by atoms with E-state index in [0.717, 1.165) is 33.4 Å². The van der Waals surface area contributed by atoms with Crippen LogP contribution in [0.5, 0.6) is 0 Å². The predicted octanol–water partition coefficient (Wildman–Crippen LogP) is 4.38. The first kappa shape index (κ1) is 15.3. The second kappa shape index (κ2) is 6.29. The van der Waals surface area contributed by atoms with E-state index in [-0.39, 0.29) is 5.91 Å². The Morgan fingerprint density at radius 3 is 2.61 bits per heavy atom. The Balaban J connectivity index is 1.91. The van der Waals surface area contributed by atoms with E-state index >= 15 is 0 Å². The highest BCUT2D eigenvalue weighted by Gasteiger charge is 2.18. The number of carbonyl (C=O) groups is 1. The minimum absolute atomic E-state index is 0.131. The van der Waals surface area contributed by atoms with Crippen molar-refractivity contribution in [1.82, 2.24) is 4.98 Å². The summed E-state index contributed by atoms with van der Waals surface area (Å²) in [6.45, 7) is 6.77. The molecule has 3 nitrogen and oxygen atoms in total. The molecule has 0 bridgehead atoms. The van der Waals surface area contributed by atoms with Gasteiger partial charge in [0, 0.05) is 28.8 Å². The van der Waals surface area contributed by atoms with Crippen molar-refractivity contribution >= 4 is 22.5 Å². The zero-order valence-electron chi connectivity index (χ0n) is 13.9. The van der Waals surface area contributed by atoms with Gasteiger partial charge in [-0.25, -0.2) is 0 Å². The summed E-state index contributed by atoms with van der Waals surface area (Å²) in [5, 5.41) is 1.14. The summed E-state index contributed by atoms with van der Waals surface area (Å²) in [5.41, 5.74) is 5.38. The van der Waals surface area contributed by atoms with Gasteiger partial charge < -0.3 is 9.88 Å². The van der Waals surface area contributed by atoms with Crippen molar-refractivity contribution in [1.29, 1.82) is 0 Å². The van der Waals surface area contributed by atoms with Crippen molar-refractivity contribution in [2.75, 3.05) is 11.4 Å². The van der Waals surface area contributed by atoms with Crippen molar-refractivity contribution in [3.63, 3.8) is 0 Å². The fourth-order valence-corrected chi connectivity index (χ4v) is 3.11. The SMILES string of the molecule is CCN(C(=O)Cc1c(C)[nH]c2ccccc12)c1cccc(C)c1. The summed E-state index contributed by atoms with van der Waals surface area (Å²) in [6, 6.07) is 16.2. The first-order valence-corrected chi connectivity index (χ1v) is 8.03. The van der Waals surface area contributed by atoms with Crippen molar-refractivity contribution in [2.45, 2.75) is 27.2 Å². The molecule has 0 radical (unpaired) electrons. The van der Waals surface area contributed by atoms with Gasteiger partial charge in [0.2, 0.25) is 5.91 Å². The molecule has 0 unspecified atom stereocenters. The lowest BCUT2D eigenvalue weighted by Crippen LogP contribution is -2.32. The molecule has 0 saturated carbocycles. The third-order valence-electron chi connectivity index (χ3n) is 4.29. The number of hydrogen-bond donors (Lipinski definition) is 1. The largest absolute Gasteiger partial charge is 0.358 e. The second-order valence-corrected chi connectivity index (χ2v) is 5.93. The van der Waals surface area contributed by atoms with Crippen molar-refractivity contribution in [2.24, 2.45) is 0 Å². The highest BCUT2D eigenvalue weighted by Crippen LogP contribution is 2.24. The predicted molar refractivity (Wildman–Crippen MR) is 95.9 cm³/mol. The van der Waals surface area contributed by atoms with Crippen molar-refractivity contribution in [3.8, 4) is 0 Å². The van der Waals surface area contributed by atoms with Gasteiger partial charge in [0.1, 0.15) is 0 Å². The van der Waals surface area contributed by atoms with Crippen molar-refractivity contribution in [3.05, 3.63) is 65.4 Å². The van der Waals surface area contributed by atoms with Crippen LogP contribution >= 0.6 is 0 Å². The number of nitrogens with zero attached hydrogens (tertiary/aromatic N) is 1. The third kappa shape index (κ3) is 3.00. The number of para-hydroxylation sites is 1. The summed E-state index contributed by atoms with van der Waals surface area (Å²) in [5.74, 6) is 0.131. The van der Waals surface area contributed by atoms with E-state index in [1.807, 2.05) is 56.0 Å². The van der Waals surface area contributed by atoms with E-state index in [0.29, 0.717) is 13.0 Å². The Hall–Kier alpha value is -2.55. The first-order chi connectivity index (χ1) is 11.1. The molecule has 118 valence electrons. The van der Waals surface area contributed by atoms with Crippen molar-refractivity contribution < 1.29 is 4.79 Å². The quantitative estimate of drug-likeness (QED) is 0.763. The molecule has 1 heterocycles. The number of anilines is 1. The zero-order chi connectivity index (χ0) is 16.4. The normalized spacial score (nSPS) is 10.9. The van der Waals surface area contributed by atoms with Crippen LogP contribution in [0.25, 0.3) is 10.9 Å². The van der Waals surface area contributed by atoms with Crippen LogP contribution in [0.15, 0.2) is 48.5 Å². The van der Waals surface area contributed by atoms with Gasteiger partial charge in [-0.15, -0.1) is 0 Å². The van der Waals surface area contributed by atoms with Gasteiger partial charge in [0.05, 0.1) is 6.42 Å². The molecule has 1 aromatic heterocycles. The lowest BCUT2D eigenvalue weighted by Gasteiger charge is -2.21. The lowest BCUT2D eigenvalue weighted by molar-refractivity contribution is -0.117. The summed E-state index contributed by atoms with van der Waals surface area (Å²) < 4.78 is 0. The van der Waals surface area contributed by atoms with Crippen LogP contribution in [0.1, 0.15) is 23.7 Å². The fraction of sp³-hybridized carbons (Fsp3) is 0.250. The Kier molecular flexibility index (Phi) is 4.20.